The van der Waals surface area contributed by atoms with E-state index in [1.165, 1.54) is 14.2 Å². The zero-order valence-electron chi connectivity index (χ0n) is 20.2. The second-order valence-corrected chi connectivity index (χ2v) is 8.12. The third-order valence-electron chi connectivity index (χ3n) is 5.68. The van der Waals surface area contributed by atoms with Crippen molar-refractivity contribution in [1.82, 2.24) is 0 Å². The fourth-order valence-electron chi connectivity index (χ4n) is 3.79. The first-order valence-electron chi connectivity index (χ1n) is 11.2. The molecule has 1 aliphatic rings. The number of methoxy groups -OCH3 is 2. The van der Waals surface area contributed by atoms with Crippen molar-refractivity contribution in [3.8, 4) is 23.0 Å². The summed E-state index contributed by atoms with van der Waals surface area (Å²) in [4.78, 5) is 27.2. The molecular weight excluding hydrogens is 448 g/mol. The highest BCUT2D eigenvalue weighted by molar-refractivity contribution is 6.05. The lowest BCUT2D eigenvalue weighted by Crippen LogP contribution is -2.46. The van der Waals surface area contributed by atoms with Gasteiger partial charge in [-0.1, -0.05) is 17.7 Å². The number of nitrogens with one attached hydrogen (secondary N) is 1. The summed E-state index contributed by atoms with van der Waals surface area (Å²) in [5, 5.41) is 2.86. The summed E-state index contributed by atoms with van der Waals surface area (Å²) < 4.78 is 22.1. The third kappa shape index (κ3) is 5.32. The Morgan fingerprint density at radius 1 is 1.00 bits per heavy atom. The molecular formula is C27H28N2O6. The summed E-state index contributed by atoms with van der Waals surface area (Å²) in [6.45, 7) is 4.41. The van der Waals surface area contributed by atoms with Crippen molar-refractivity contribution in [2.24, 2.45) is 0 Å². The normalized spacial score (nSPS) is 14.6. The predicted octanol–water partition coefficient (Wildman–Crippen LogP) is 4.46. The third-order valence-corrected chi connectivity index (χ3v) is 5.68. The Morgan fingerprint density at radius 2 is 1.74 bits per heavy atom. The number of hydrogen-bond donors (Lipinski definition) is 1. The van der Waals surface area contributed by atoms with Crippen LogP contribution in [0.4, 0.5) is 11.4 Å². The average molecular weight is 477 g/mol. The number of aryl methyl sites for hydroxylation is 1. The van der Waals surface area contributed by atoms with Crippen LogP contribution in [-0.2, 0) is 4.79 Å². The van der Waals surface area contributed by atoms with Crippen molar-refractivity contribution in [2.75, 3.05) is 37.6 Å². The summed E-state index contributed by atoms with van der Waals surface area (Å²) in [5.74, 6) is 1.80. The van der Waals surface area contributed by atoms with Crippen molar-refractivity contribution in [1.29, 1.82) is 0 Å². The monoisotopic (exact) mass is 476 g/mol. The molecule has 1 unspecified atom stereocenters. The van der Waals surface area contributed by atoms with Crippen LogP contribution in [0.5, 0.6) is 23.0 Å². The van der Waals surface area contributed by atoms with Crippen LogP contribution >= 0.6 is 0 Å². The summed E-state index contributed by atoms with van der Waals surface area (Å²) in [6, 6.07) is 17.9. The highest BCUT2D eigenvalue weighted by Crippen LogP contribution is 2.36. The van der Waals surface area contributed by atoms with Crippen LogP contribution < -0.4 is 29.2 Å². The van der Waals surface area contributed by atoms with Crippen LogP contribution in [0, 0.1) is 6.92 Å². The van der Waals surface area contributed by atoms with E-state index in [4.69, 9.17) is 18.9 Å². The number of anilines is 2. The lowest BCUT2D eigenvalue weighted by molar-refractivity contribution is -0.125. The van der Waals surface area contributed by atoms with Gasteiger partial charge in [-0.25, -0.2) is 0 Å². The minimum Gasteiger partial charge on any atom is -0.493 e. The molecule has 0 spiro atoms. The second kappa shape index (κ2) is 10.4. The molecule has 35 heavy (non-hydrogen) atoms. The van der Waals surface area contributed by atoms with Gasteiger partial charge in [0.15, 0.2) is 17.6 Å². The number of benzene rings is 3. The van der Waals surface area contributed by atoms with Gasteiger partial charge in [0, 0.05) is 17.3 Å². The molecule has 182 valence electrons. The Balaban J connectivity index is 1.47. The number of fused-ring (bicyclic) bond motifs is 1. The fourth-order valence-corrected chi connectivity index (χ4v) is 3.79. The zero-order valence-corrected chi connectivity index (χ0v) is 20.2. The molecule has 8 nitrogen and oxygen atoms in total. The molecule has 1 heterocycles. The van der Waals surface area contributed by atoms with Gasteiger partial charge in [0.05, 0.1) is 26.5 Å². The Morgan fingerprint density at radius 3 is 2.46 bits per heavy atom. The van der Waals surface area contributed by atoms with E-state index < -0.39 is 6.10 Å². The molecule has 0 radical (unpaired) electrons. The molecule has 2 amide bonds. The summed E-state index contributed by atoms with van der Waals surface area (Å²) in [7, 11) is 3.05. The van der Waals surface area contributed by atoms with E-state index in [0.29, 0.717) is 47.3 Å². The van der Waals surface area contributed by atoms with Crippen LogP contribution in [0.1, 0.15) is 22.8 Å². The highest BCUT2D eigenvalue weighted by Gasteiger charge is 2.31. The van der Waals surface area contributed by atoms with E-state index in [-0.39, 0.29) is 11.8 Å². The Labute approximate surface area is 204 Å². The number of amides is 2. The van der Waals surface area contributed by atoms with Crippen LogP contribution in [0.2, 0.25) is 0 Å². The van der Waals surface area contributed by atoms with Gasteiger partial charge in [-0.15, -0.1) is 0 Å². The topological polar surface area (TPSA) is 86.3 Å². The maximum atomic E-state index is 12.8. The zero-order chi connectivity index (χ0) is 24.9. The van der Waals surface area contributed by atoms with E-state index in [1.807, 2.05) is 31.2 Å². The Hall–Kier alpha value is -4.20. The van der Waals surface area contributed by atoms with Gasteiger partial charge in [-0.05, 0) is 56.3 Å². The lowest BCUT2D eigenvalue weighted by Gasteiger charge is -2.33. The summed E-state index contributed by atoms with van der Waals surface area (Å²) >= 11 is 0. The van der Waals surface area contributed by atoms with Crippen molar-refractivity contribution in [2.45, 2.75) is 20.0 Å². The van der Waals surface area contributed by atoms with Gasteiger partial charge in [0.1, 0.15) is 18.1 Å². The van der Waals surface area contributed by atoms with Gasteiger partial charge in [-0.3, -0.25) is 9.59 Å². The molecule has 1 N–H and O–H groups in total. The molecule has 1 aliphatic heterocycles. The molecule has 0 fully saturated rings. The lowest BCUT2D eigenvalue weighted by atomic mass is 10.1. The van der Waals surface area contributed by atoms with Gasteiger partial charge >= 0.3 is 0 Å². The van der Waals surface area contributed by atoms with Gasteiger partial charge in [0.2, 0.25) is 0 Å². The maximum Gasteiger partial charge on any atom is 0.267 e. The summed E-state index contributed by atoms with van der Waals surface area (Å²) in [6.07, 6.45) is -0.654. The number of ether oxygens (including phenoxy) is 4. The highest BCUT2D eigenvalue weighted by atomic mass is 16.5. The molecule has 3 aromatic rings. The second-order valence-electron chi connectivity index (χ2n) is 8.12. The first kappa shape index (κ1) is 23.9. The largest absolute Gasteiger partial charge is 0.493 e. The number of hydrogen-bond acceptors (Lipinski definition) is 6. The van der Waals surface area contributed by atoms with Crippen molar-refractivity contribution in [3.05, 3.63) is 71.8 Å². The average Bonchev–Trinajstić information content (AvgIpc) is 2.87. The van der Waals surface area contributed by atoms with Gasteiger partial charge < -0.3 is 29.2 Å². The standard InChI is InChI=1S/C27H28N2O6/c1-17-5-9-21(10-6-17)34-14-13-29-22-11-8-20(16-24(22)35-18(2)27(29)31)28-26(30)19-7-12-23(32-3)25(15-19)33-4/h5-12,15-16,18H,13-14H2,1-4H3,(H,28,30). The SMILES string of the molecule is COc1ccc(C(=O)Nc2ccc3c(c2)OC(C)C(=O)N3CCOc2ccc(C)cc2)cc1OC. The van der Waals surface area contributed by atoms with E-state index in [0.717, 1.165) is 11.3 Å². The molecule has 0 aromatic heterocycles. The van der Waals surface area contributed by atoms with E-state index >= 15 is 0 Å². The number of carbonyl (C=O) groups is 2. The van der Waals surface area contributed by atoms with Crippen LogP contribution in [0.25, 0.3) is 0 Å². The molecule has 8 heteroatoms. The van der Waals surface area contributed by atoms with Crippen LogP contribution in [0.15, 0.2) is 60.7 Å². The molecule has 0 saturated carbocycles. The van der Waals surface area contributed by atoms with Gasteiger partial charge in [-0.2, -0.15) is 0 Å². The molecule has 4 rings (SSSR count). The van der Waals surface area contributed by atoms with E-state index in [1.54, 1.807) is 48.2 Å². The van der Waals surface area contributed by atoms with Crippen LogP contribution in [-0.4, -0.2) is 45.3 Å². The quantitative estimate of drug-likeness (QED) is 0.517. The Kier molecular flexibility index (Phi) is 7.10. The van der Waals surface area contributed by atoms with Crippen molar-refractivity contribution >= 4 is 23.2 Å². The molecule has 0 saturated heterocycles. The first-order chi connectivity index (χ1) is 16.9. The smallest absolute Gasteiger partial charge is 0.267 e. The minimum absolute atomic E-state index is 0.146. The number of carbonyl (C=O) groups excluding carboxylic acids is 2. The van der Waals surface area contributed by atoms with E-state index in [9.17, 15) is 9.59 Å². The number of rotatable bonds is 8. The van der Waals surface area contributed by atoms with Crippen molar-refractivity contribution in [3.63, 3.8) is 0 Å². The minimum atomic E-state index is -0.654. The van der Waals surface area contributed by atoms with Gasteiger partial charge in [0.25, 0.3) is 11.8 Å². The molecule has 0 aliphatic carbocycles. The first-order valence-corrected chi connectivity index (χ1v) is 11.2. The van der Waals surface area contributed by atoms with E-state index in [2.05, 4.69) is 5.32 Å². The Bertz CT molecular complexity index is 1220. The molecule has 1 atom stereocenters. The molecule has 3 aromatic carbocycles. The van der Waals surface area contributed by atoms with Crippen molar-refractivity contribution < 1.29 is 28.5 Å². The predicted molar refractivity (Wildman–Crippen MR) is 133 cm³/mol. The summed E-state index contributed by atoms with van der Waals surface area (Å²) in [5.41, 5.74) is 2.74. The molecule has 0 bridgehead atoms. The maximum absolute atomic E-state index is 12.8. The van der Waals surface area contributed by atoms with Crippen LogP contribution in [0.3, 0.4) is 0 Å². The fraction of sp³-hybridized carbons (Fsp3) is 0.259. The number of nitrogens with zero attached hydrogens (tertiary/aromatic N) is 1.